The molecule has 0 spiro atoms. The van der Waals surface area contributed by atoms with Gasteiger partial charge in [-0.1, -0.05) is 12.1 Å². The van der Waals surface area contributed by atoms with Crippen LogP contribution < -0.4 is 0 Å². The minimum Gasteiger partial charge on any atom is -0.333 e. The van der Waals surface area contributed by atoms with Crippen molar-refractivity contribution in [2.45, 2.75) is 12.8 Å². The second-order valence-electron chi connectivity index (χ2n) is 4.05. The quantitative estimate of drug-likeness (QED) is 0.346. The van der Waals surface area contributed by atoms with E-state index in [1.807, 2.05) is 0 Å². The Bertz CT molecular complexity index is 549. The Hall–Kier alpha value is -1.26. The summed E-state index contributed by atoms with van der Waals surface area (Å²) in [5.41, 5.74) is 0.611. The second kappa shape index (κ2) is 12.2. The van der Waals surface area contributed by atoms with E-state index in [1.54, 1.807) is 0 Å². The van der Waals surface area contributed by atoms with Crippen LogP contribution in [0.5, 0.6) is 0 Å². The molecule has 0 heterocycles. The average molecular weight is 370 g/mol. The first-order valence-electron chi connectivity index (χ1n) is 6.00. The fourth-order valence-corrected chi connectivity index (χ4v) is 1.72. The molecule has 0 unspecified atom stereocenters. The lowest BCUT2D eigenvalue weighted by Crippen LogP contribution is -1.98. The van der Waals surface area contributed by atoms with Gasteiger partial charge in [0.25, 0.3) is 0 Å². The molecule has 0 atom stereocenters. The van der Waals surface area contributed by atoms with Crippen molar-refractivity contribution in [1.29, 1.82) is 0 Å². The summed E-state index contributed by atoms with van der Waals surface area (Å²) in [5, 5.41) is 0. The molecule has 0 aliphatic carbocycles. The molecule has 0 amide bonds. The minimum absolute atomic E-state index is 0.231. The standard InChI is InChI=1S/C14H10F4.H2O2S.H2OS/c15-11-5-3-9(13(17)7-11)1-2-10-4-6-12(16)8-14(10)18;1-3-2;1-2/h3-8H,1-2H2;1-2H;1-2H. The van der Waals surface area contributed by atoms with E-state index in [2.05, 4.69) is 12.9 Å². The molecule has 0 fully saturated rings. The van der Waals surface area contributed by atoms with Crippen molar-refractivity contribution >= 4 is 25.2 Å². The summed E-state index contributed by atoms with van der Waals surface area (Å²) < 4.78 is 72.8. The van der Waals surface area contributed by atoms with E-state index in [0.717, 1.165) is 24.3 Å². The highest BCUT2D eigenvalue weighted by atomic mass is 32.2. The van der Waals surface area contributed by atoms with E-state index in [-0.39, 0.29) is 25.2 Å². The molecule has 128 valence electrons. The molecule has 2 aromatic carbocycles. The van der Waals surface area contributed by atoms with E-state index in [1.165, 1.54) is 12.1 Å². The van der Waals surface area contributed by atoms with Crippen molar-refractivity contribution < 1.29 is 31.2 Å². The van der Waals surface area contributed by atoms with Crippen molar-refractivity contribution in [3.8, 4) is 0 Å². The van der Waals surface area contributed by atoms with Gasteiger partial charge in [0.1, 0.15) is 23.3 Å². The van der Waals surface area contributed by atoms with Gasteiger partial charge >= 0.3 is 0 Å². The minimum atomic E-state index is -0.655. The Morgan fingerprint density at radius 2 is 1.04 bits per heavy atom. The first kappa shape index (κ1) is 21.7. The van der Waals surface area contributed by atoms with Crippen LogP contribution in [0.3, 0.4) is 0 Å². The van der Waals surface area contributed by atoms with Crippen molar-refractivity contribution in [3.63, 3.8) is 0 Å². The van der Waals surface area contributed by atoms with E-state index in [9.17, 15) is 17.6 Å². The third-order valence-electron chi connectivity index (χ3n) is 2.69. The van der Waals surface area contributed by atoms with Gasteiger partial charge in [0.15, 0.2) is 12.3 Å². The van der Waals surface area contributed by atoms with Crippen LogP contribution in [0, 0.1) is 23.3 Å². The Balaban J connectivity index is 0.000000868. The summed E-state index contributed by atoms with van der Waals surface area (Å²) in [5.74, 6) is -2.61. The molecule has 2 aromatic rings. The molecule has 3 nitrogen and oxygen atoms in total. The predicted octanol–water partition coefficient (Wildman–Crippen LogP) is 5.08. The highest BCUT2D eigenvalue weighted by Gasteiger charge is 2.07. The van der Waals surface area contributed by atoms with Crippen molar-refractivity contribution in [2.24, 2.45) is 0 Å². The highest BCUT2D eigenvalue weighted by molar-refractivity contribution is 7.87. The summed E-state index contributed by atoms with van der Waals surface area (Å²) in [6.07, 6.45) is 0.462. The first-order valence-corrected chi connectivity index (χ1v) is 7.13. The number of thiol groups is 1. The van der Waals surface area contributed by atoms with E-state index < -0.39 is 23.3 Å². The number of aryl methyl sites for hydroxylation is 2. The summed E-state index contributed by atoms with van der Waals surface area (Å²) in [7, 11) is 0. The topological polar surface area (TPSA) is 60.7 Å². The highest BCUT2D eigenvalue weighted by Crippen LogP contribution is 2.15. The SMILES string of the molecule is Fc1ccc(CCc2ccc(F)cc2F)c(F)c1.OS.OSO. The van der Waals surface area contributed by atoms with Crippen LogP contribution in [-0.4, -0.2) is 13.7 Å². The molecule has 0 aliphatic rings. The molecule has 9 heteroatoms. The predicted molar refractivity (Wildman–Crippen MR) is 84.6 cm³/mol. The van der Waals surface area contributed by atoms with E-state index in [4.69, 9.17) is 13.7 Å². The maximum absolute atomic E-state index is 13.3. The van der Waals surface area contributed by atoms with Crippen LogP contribution in [-0.2, 0) is 12.8 Å². The molecule has 0 saturated carbocycles. The summed E-state index contributed by atoms with van der Waals surface area (Å²) in [6.45, 7) is 0. The fourth-order valence-electron chi connectivity index (χ4n) is 1.72. The van der Waals surface area contributed by atoms with Gasteiger partial charge in [0.2, 0.25) is 0 Å². The van der Waals surface area contributed by atoms with Crippen molar-refractivity contribution in [3.05, 3.63) is 70.8 Å². The Labute approximate surface area is 140 Å². The number of hydrogen-bond donors (Lipinski definition) is 4. The third-order valence-corrected chi connectivity index (χ3v) is 2.69. The monoisotopic (exact) mass is 370 g/mol. The van der Waals surface area contributed by atoms with Gasteiger partial charge in [-0.2, -0.15) is 0 Å². The number of halogens is 4. The average Bonchev–Trinajstić information content (AvgIpc) is 2.51. The summed E-state index contributed by atoms with van der Waals surface area (Å²) in [6, 6.07) is 6.53. The van der Waals surface area contributed by atoms with Gasteiger partial charge in [0, 0.05) is 12.1 Å². The summed E-state index contributed by atoms with van der Waals surface area (Å²) in [4.78, 5) is 0. The molecule has 3 N–H and O–H groups in total. The maximum atomic E-state index is 13.3. The van der Waals surface area contributed by atoms with Crippen LogP contribution >= 0.6 is 25.2 Å². The molecular formula is C14H14F4O3S2. The zero-order chi connectivity index (χ0) is 17.8. The molecule has 0 saturated heterocycles. The zero-order valence-electron chi connectivity index (χ0n) is 11.6. The summed E-state index contributed by atoms with van der Waals surface area (Å²) >= 11 is 2.28. The molecule has 0 aliphatic heterocycles. The van der Waals surface area contributed by atoms with Gasteiger partial charge in [-0.15, -0.1) is 0 Å². The van der Waals surface area contributed by atoms with Crippen LogP contribution in [0.15, 0.2) is 36.4 Å². The molecule has 0 bridgehead atoms. The number of benzene rings is 2. The second-order valence-corrected chi connectivity index (χ2v) is 4.22. The van der Waals surface area contributed by atoms with Crippen LogP contribution in [0.4, 0.5) is 17.6 Å². The molecule has 0 radical (unpaired) electrons. The normalized spacial score (nSPS) is 9.39. The Kier molecular flexibility index (Phi) is 11.5. The zero-order valence-corrected chi connectivity index (χ0v) is 13.3. The lowest BCUT2D eigenvalue weighted by Gasteiger charge is -2.05. The van der Waals surface area contributed by atoms with Gasteiger partial charge in [-0.25, -0.2) is 17.6 Å². The van der Waals surface area contributed by atoms with Gasteiger partial charge < -0.3 is 13.7 Å². The van der Waals surface area contributed by atoms with E-state index in [0.29, 0.717) is 11.1 Å². The largest absolute Gasteiger partial charge is 0.333 e. The van der Waals surface area contributed by atoms with Crippen LogP contribution in [0.25, 0.3) is 0 Å². The van der Waals surface area contributed by atoms with E-state index >= 15 is 0 Å². The van der Waals surface area contributed by atoms with Gasteiger partial charge in [-0.3, -0.25) is 0 Å². The van der Waals surface area contributed by atoms with Gasteiger partial charge in [0.05, 0.1) is 0 Å². The van der Waals surface area contributed by atoms with Crippen molar-refractivity contribution in [2.75, 3.05) is 0 Å². The van der Waals surface area contributed by atoms with Crippen molar-refractivity contribution in [1.82, 2.24) is 0 Å². The Morgan fingerprint density at radius 3 is 1.30 bits per heavy atom. The molecule has 2 rings (SSSR count). The molecular weight excluding hydrogens is 356 g/mol. The number of rotatable bonds is 3. The van der Waals surface area contributed by atoms with Gasteiger partial charge in [-0.05, 0) is 49.0 Å². The lowest BCUT2D eigenvalue weighted by atomic mass is 10.0. The fraction of sp³-hybridized carbons (Fsp3) is 0.143. The number of hydrogen-bond acceptors (Lipinski definition) is 5. The maximum Gasteiger partial charge on any atom is 0.152 e. The molecule has 0 aromatic heterocycles. The van der Waals surface area contributed by atoms with Crippen LogP contribution in [0.2, 0.25) is 0 Å². The Morgan fingerprint density at radius 1 is 0.739 bits per heavy atom. The molecule has 23 heavy (non-hydrogen) atoms. The third kappa shape index (κ3) is 8.24. The smallest absolute Gasteiger partial charge is 0.152 e. The first-order chi connectivity index (χ1) is 11.0. The lowest BCUT2D eigenvalue weighted by molar-refractivity contribution is 0.541. The van der Waals surface area contributed by atoms with Crippen LogP contribution in [0.1, 0.15) is 11.1 Å².